The van der Waals surface area contributed by atoms with Gasteiger partial charge in [0.1, 0.15) is 0 Å². The van der Waals surface area contributed by atoms with Gasteiger partial charge < -0.3 is 5.11 Å². The molecule has 0 aromatic heterocycles. The van der Waals surface area contributed by atoms with Crippen LogP contribution in [0.15, 0.2) is 53.4 Å². The van der Waals surface area contributed by atoms with Crippen LogP contribution in [0.3, 0.4) is 0 Å². The van der Waals surface area contributed by atoms with E-state index in [9.17, 15) is 13.5 Å². The fourth-order valence-electron chi connectivity index (χ4n) is 5.66. The van der Waals surface area contributed by atoms with Crippen molar-refractivity contribution in [2.45, 2.75) is 37.1 Å². The molecule has 2 aromatic carbocycles. The highest BCUT2D eigenvalue weighted by Crippen LogP contribution is 2.44. The zero-order valence-corrected chi connectivity index (χ0v) is 18.2. The molecule has 30 heavy (non-hydrogen) atoms. The van der Waals surface area contributed by atoms with E-state index in [0.717, 1.165) is 38.9 Å². The Morgan fingerprint density at radius 3 is 2.63 bits per heavy atom. The maximum absolute atomic E-state index is 13.4. The van der Waals surface area contributed by atoms with Crippen LogP contribution in [0.4, 0.5) is 0 Å². The topological polar surface area (TPSA) is 60.9 Å². The first kappa shape index (κ1) is 20.2. The number of sulfonamides is 1. The first-order chi connectivity index (χ1) is 14.5. The number of benzene rings is 2. The lowest BCUT2D eigenvalue weighted by Gasteiger charge is -2.41. The van der Waals surface area contributed by atoms with Crippen LogP contribution < -0.4 is 0 Å². The molecule has 2 fully saturated rings. The number of aliphatic hydroxyl groups excluding tert-OH is 1. The van der Waals surface area contributed by atoms with E-state index in [4.69, 9.17) is 0 Å². The molecule has 3 aliphatic rings. The SMILES string of the molecule is O=S(=O)(c1ccc2c(c1)CCC2)N1CC[C@@]2(CO)CN(Cc3ccccc3)C[C@H]2C1. The van der Waals surface area contributed by atoms with Crippen molar-refractivity contribution < 1.29 is 13.5 Å². The summed E-state index contributed by atoms with van der Waals surface area (Å²) in [5.74, 6) is 0.157. The summed E-state index contributed by atoms with van der Waals surface area (Å²) in [6.45, 7) is 3.59. The summed E-state index contributed by atoms with van der Waals surface area (Å²) in [6.07, 6.45) is 3.85. The molecule has 0 saturated carbocycles. The van der Waals surface area contributed by atoms with Crippen LogP contribution in [-0.4, -0.2) is 55.5 Å². The van der Waals surface area contributed by atoms with Crippen molar-refractivity contribution in [3.05, 3.63) is 65.2 Å². The molecular weight excluding hydrogens is 396 g/mol. The number of aliphatic hydroxyl groups is 1. The van der Waals surface area contributed by atoms with E-state index >= 15 is 0 Å². The molecule has 0 spiro atoms. The second-order valence-electron chi connectivity index (χ2n) is 9.27. The molecule has 2 aromatic rings. The van der Waals surface area contributed by atoms with E-state index < -0.39 is 10.0 Å². The summed E-state index contributed by atoms with van der Waals surface area (Å²) in [4.78, 5) is 2.81. The van der Waals surface area contributed by atoms with Gasteiger partial charge >= 0.3 is 0 Å². The maximum atomic E-state index is 13.4. The van der Waals surface area contributed by atoms with E-state index in [1.54, 1.807) is 10.4 Å². The van der Waals surface area contributed by atoms with Gasteiger partial charge in [0.2, 0.25) is 10.0 Å². The van der Waals surface area contributed by atoms with E-state index in [2.05, 4.69) is 17.0 Å². The molecule has 0 amide bonds. The molecule has 0 radical (unpaired) electrons. The monoisotopic (exact) mass is 426 g/mol. The average Bonchev–Trinajstić information content (AvgIpc) is 3.37. The van der Waals surface area contributed by atoms with Gasteiger partial charge in [0.15, 0.2) is 0 Å². The second kappa shape index (κ2) is 7.75. The van der Waals surface area contributed by atoms with Gasteiger partial charge in [-0.2, -0.15) is 4.31 Å². The third kappa shape index (κ3) is 3.50. The highest BCUT2D eigenvalue weighted by molar-refractivity contribution is 7.89. The van der Waals surface area contributed by atoms with E-state index in [0.29, 0.717) is 24.4 Å². The predicted molar refractivity (Wildman–Crippen MR) is 117 cm³/mol. The van der Waals surface area contributed by atoms with Crippen LogP contribution >= 0.6 is 0 Å². The van der Waals surface area contributed by atoms with Gasteiger partial charge in [-0.3, -0.25) is 4.90 Å². The minimum absolute atomic E-state index is 0.121. The quantitative estimate of drug-likeness (QED) is 0.799. The number of hydrogen-bond donors (Lipinski definition) is 1. The Kier molecular flexibility index (Phi) is 5.22. The molecule has 5 nitrogen and oxygen atoms in total. The van der Waals surface area contributed by atoms with E-state index in [1.807, 2.05) is 30.3 Å². The van der Waals surface area contributed by atoms with Crippen LogP contribution in [0, 0.1) is 11.3 Å². The lowest BCUT2D eigenvalue weighted by molar-refractivity contribution is 0.0436. The highest BCUT2D eigenvalue weighted by atomic mass is 32.2. The van der Waals surface area contributed by atoms with Crippen molar-refractivity contribution in [2.75, 3.05) is 32.8 Å². The van der Waals surface area contributed by atoms with Gasteiger partial charge in [-0.1, -0.05) is 36.4 Å². The lowest BCUT2D eigenvalue weighted by Crippen LogP contribution is -2.50. The van der Waals surface area contributed by atoms with Gasteiger partial charge in [-0.15, -0.1) is 0 Å². The zero-order valence-electron chi connectivity index (χ0n) is 17.3. The molecule has 2 aliphatic heterocycles. The fraction of sp³-hybridized carbons (Fsp3) is 0.500. The van der Waals surface area contributed by atoms with Crippen LogP contribution in [0.25, 0.3) is 0 Å². The Morgan fingerprint density at radius 2 is 1.83 bits per heavy atom. The lowest BCUT2D eigenvalue weighted by atomic mass is 9.74. The van der Waals surface area contributed by atoms with Crippen molar-refractivity contribution >= 4 is 10.0 Å². The zero-order chi connectivity index (χ0) is 20.8. The average molecular weight is 427 g/mol. The standard InChI is InChI=1S/C24H30N2O3S/c27-18-24-11-12-26(30(28,29)23-10-9-20-7-4-8-21(20)13-23)16-22(24)15-25(17-24)14-19-5-2-1-3-6-19/h1-3,5-6,9-10,13,22,27H,4,7-8,11-12,14-18H2/t22-,24-/m0/s1. The van der Waals surface area contributed by atoms with Crippen molar-refractivity contribution in [3.8, 4) is 0 Å². The number of rotatable bonds is 5. The normalized spacial score (nSPS) is 27.2. The molecule has 2 saturated heterocycles. The van der Waals surface area contributed by atoms with E-state index in [-0.39, 0.29) is 17.9 Å². The van der Waals surface area contributed by atoms with Gasteiger partial charge in [-0.05, 0) is 60.4 Å². The largest absolute Gasteiger partial charge is 0.396 e. The van der Waals surface area contributed by atoms with Gasteiger partial charge in [0, 0.05) is 38.1 Å². The summed E-state index contributed by atoms with van der Waals surface area (Å²) in [5.41, 5.74) is 3.54. The molecule has 5 rings (SSSR count). The van der Waals surface area contributed by atoms with Crippen molar-refractivity contribution in [2.24, 2.45) is 11.3 Å². The summed E-state index contributed by atoms with van der Waals surface area (Å²) >= 11 is 0. The van der Waals surface area contributed by atoms with Crippen molar-refractivity contribution in [1.29, 1.82) is 0 Å². The third-order valence-electron chi connectivity index (χ3n) is 7.44. The maximum Gasteiger partial charge on any atom is 0.243 e. The summed E-state index contributed by atoms with van der Waals surface area (Å²) < 4.78 is 28.4. The third-order valence-corrected chi connectivity index (χ3v) is 9.30. The van der Waals surface area contributed by atoms with Crippen LogP contribution in [0.2, 0.25) is 0 Å². The molecule has 160 valence electrons. The Labute approximate surface area is 179 Å². The molecular formula is C24H30N2O3S. The molecule has 2 atom stereocenters. The first-order valence-electron chi connectivity index (χ1n) is 11.0. The molecule has 0 unspecified atom stereocenters. The summed E-state index contributed by atoms with van der Waals surface area (Å²) in [7, 11) is -3.50. The number of likely N-dealkylation sites (tertiary alicyclic amines) is 1. The Morgan fingerprint density at radius 1 is 1.03 bits per heavy atom. The molecule has 6 heteroatoms. The number of nitrogens with zero attached hydrogens (tertiary/aromatic N) is 2. The van der Waals surface area contributed by atoms with Crippen LogP contribution in [-0.2, 0) is 29.4 Å². The molecule has 0 bridgehead atoms. The number of aryl methyl sites for hydroxylation is 2. The second-order valence-corrected chi connectivity index (χ2v) is 11.2. The first-order valence-corrected chi connectivity index (χ1v) is 12.4. The summed E-state index contributed by atoms with van der Waals surface area (Å²) in [5, 5.41) is 10.3. The van der Waals surface area contributed by atoms with Crippen LogP contribution in [0.1, 0.15) is 29.5 Å². The predicted octanol–water partition coefficient (Wildman–Crippen LogP) is 2.68. The smallest absolute Gasteiger partial charge is 0.243 e. The molecule has 2 heterocycles. The van der Waals surface area contributed by atoms with Gasteiger partial charge in [0.05, 0.1) is 11.5 Å². The Balaban J connectivity index is 1.34. The number of piperidine rings is 1. The van der Waals surface area contributed by atoms with Gasteiger partial charge in [-0.25, -0.2) is 8.42 Å². The van der Waals surface area contributed by atoms with E-state index in [1.165, 1.54) is 16.7 Å². The number of fused-ring (bicyclic) bond motifs is 2. The molecule has 1 N–H and O–H groups in total. The van der Waals surface area contributed by atoms with Crippen LogP contribution in [0.5, 0.6) is 0 Å². The minimum atomic E-state index is -3.50. The van der Waals surface area contributed by atoms with Gasteiger partial charge in [0.25, 0.3) is 0 Å². The molecule has 1 aliphatic carbocycles. The van der Waals surface area contributed by atoms with Crippen molar-refractivity contribution in [1.82, 2.24) is 9.21 Å². The summed E-state index contributed by atoms with van der Waals surface area (Å²) in [6, 6.07) is 16.0. The highest BCUT2D eigenvalue weighted by Gasteiger charge is 2.50. The number of hydrogen-bond acceptors (Lipinski definition) is 4. The Bertz CT molecular complexity index is 1020. The fourth-order valence-corrected chi connectivity index (χ4v) is 7.20. The Hall–Kier alpha value is -1.73. The minimum Gasteiger partial charge on any atom is -0.396 e. The van der Waals surface area contributed by atoms with Crippen molar-refractivity contribution in [3.63, 3.8) is 0 Å².